The van der Waals surface area contributed by atoms with Crippen molar-refractivity contribution < 1.29 is 18.8 Å². The third-order valence-electron chi connectivity index (χ3n) is 4.66. The minimum Gasteiger partial charge on any atom is -0.493 e. The second-order valence-corrected chi connectivity index (χ2v) is 6.53. The van der Waals surface area contributed by atoms with Gasteiger partial charge >= 0.3 is 0 Å². The number of hydrogen-bond donors (Lipinski definition) is 0. The Labute approximate surface area is 168 Å². The van der Waals surface area contributed by atoms with E-state index in [9.17, 15) is 10.1 Å². The van der Waals surface area contributed by atoms with Crippen LogP contribution in [0.3, 0.4) is 0 Å². The Morgan fingerprint density at radius 2 is 1.79 bits per heavy atom. The van der Waals surface area contributed by atoms with Gasteiger partial charge in [-0.05, 0) is 43.8 Å². The van der Waals surface area contributed by atoms with Crippen molar-refractivity contribution in [3.8, 4) is 23.0 Å². The van der Waals surface area contributed by atoms with Crippen LogP contribution in [0.1, 0.15) is 24.4 Å². The maximum Gasteiger partial charge on any atom is 0.269 e. The number of nitro benzene ring substituents is 1. The Balaban J connectivity index is 1.72. The lowest BCUT2D eigenvalue weighted by atomic mass is 10.1. The van der Waals surface area contributed by atoms with Crippen molar-refractivity contribution in [3.63, 3.8) is 0 Å². The average Bonchev–Trinajstić information content (AvgIpc) is 3.23. The largest absolute Gasteiger partial charge is 0.493 e. The fourth-order valence-corrected chi connectivity index (χ4v) is 2.84. The number of aromatic nitrogens is 2. The number of methoxy groups -OCH3 is 2. The van der Waals surface area contributed by atoms with Gasteiger partial charge in [-0.3, -0.25) is 15.0 Å². The van der Waals surface area contributed by atoms with E-state index in [0.717, 1.165) is 5.56 Å². The smallest absolute Gasteiger partial charge is 0.269 e. The summed E-state index contributed by atoms with van der Waals surface area (Å²) in [6.07, 6.45) is 0. The van der Waals surface area contributed by atoms with Crippen molar-refractivity contribution in [1.82, 2.24) is 15.1 Å². The van der Waals surface area contributed by atoms with Crippen molar-refractivity contribution in [2.75, 3.05) is 21.3 Å². The molecule has 0 unspecified atom stereocenters. The Kier molecular flexibility index (Phi) is 6.08. The van der Waals surface area contributed by atoms with E-state index in [1.807, 2.05) is 32.2 Å². The van der Waals surface area contributed by atoms with Gasteiger partial charge < -0.3 is 13.9 Å². The number of hydrogen-bond acceptors (Lipinski definition) is 8. The molecule has 2 aromatic carbocycles. The van der Waals surface area contributed by atoms with Gasteiger partial charge in [0, 0.05) is 24.2 Å². The molecule has 3 rings (SSSR count). The van der Waals surface area contributed by atoms with E-state index < -0.39 is 4.92 Å². The molecule has 152 valence electrons. The summed E-state index contributed by atoms with van der Waals surface area (Å²) in [7, 11) is 5.16. The van der Waals surface area contributed by atoms with E-state index in [1.165, 1.54) is 12.1 Å². The summed E-state index contributed by atoms with van der Waals surface area (Å²) in [5, 5.41) is 19.0. The van der Waals surface area contributed by atoms with Crippen molar-refractivity contribution >= 4 is 5.69 Å². The zero-order valence-corrected chi connectivity index (χ0v) is 16.7. The van der Waals surface area contributed by atoms with Gasteiger partial charge in [0.2, 0.25) is 11.8 Å². The van der Waals surface area contributed by atoms with Gasteiger partial charge in [-0.15, -0.1) is 10.2 Å². The summed E-state index contributed by atoms with van der Waals surface area (Å²) in [4.78, 5) is 12.4. The van der Waals surface area contributed by atoms with Gasteiger partial charge in [-0.1, -0.05) is 6.07 Å². The first-order valence-corrected chi connectivity index (χ1v) is 8.92. The van der Waals surface area contributed by atoms with Crippen LogP contribution in [-0.2, 0) is 6.54 Å². The van der Waals surface area contributed by atoms with Crippen molar-refractivity contribution in [2.45, 2.75) is 19.5 Å². The lowest BCUT2D eigenvalue weighted by Crippen LogP contribution is -2.22. The first kappa shape index (κ1) is 20.3. The normalized spacial score (nSPS) is 12.0. The summed E-state index contributed by atoms with van der Waals surface area (Å²) < 4.78 is 16.4. The van der Waals surface area contributed by atoms with Crippen LogP contribution >= 0.6 is 0 Å². The molecule has 1 atom stereocenters. The number of nitro groups is 1. The van der Waals surface area contributed by atoms with Crippen molar-refractivity contribution in [3.05, 3.63) is 64.0 Å². The van der Waals surface area contributed by atoms with Crippen LogP contribution in [0.5, 0.6) is 11.5 Å². The van der Waals surface area contributed by atoms with Gasteiger partial charge in [-0.25, -0.2) is 0 Å². The third-order valence-corrected chi connectivity index (χ3v) is 4.66. The minimum absolute atomic E-state index is 0.0107. The summed E-state index contributed by atoms with van der Waals surface area (Å²) in [5.41, 5.74) is 1.69. The fraction of sp³-hybridized carbons (Fsp3) is 0.300. The molecular weight excluding hydrogens is 376 g/mol. The summed E-state index contributed by atoms with van der Waals surface area (Å²) in [5.74, 6) is 2.13. The molecule has 29 heavy (non-hydrogen) atoms. The quantitative estimate of drug-likeness (QED) is 0.416. The molecule has 1 aromatic heterocycles. The Morgan fingerprint density at radius 3 is 2.41 bits per heavy atom. The van der Waals surface area contributed by atoms with Crippen LogP contribution in [-0.4, -0.2) is 41.3 Å². The first-order chi connectivity index (χ1) is 13.9. The van der Waals surface area contributed by atoms with Crippen LogP contribution in [0.15, 0.2) is 46.9 Å². The van der Waals surface area contributed by atoms with Crippen LogP contribution in [0, 0.1) is 10.1 Å². The predicted octanol–water partition coefficient (Wildman–Crippen LogP) is 3.86. The Hall–Kier alpha value is -3.46. The molecule has 0 saturated heterocycles. The van der Waals surface area contributed by atoms with E-state index in [1.54, 1.807) is 26.4 Å². The maximum atomic E-state index is 10.8. The number of non-ortho nitro benzene ring substituents is 1. The van der Waals surface area contributed by atoms with E-state index in [0.29, 0.717) is 35.4 Å². The van der Waals surface area contributed by atoms with E-state index >= 15 is 0 Å². The molecule has 0 aliphatic carbocycles. The highest BCUT2D eigenvalue weighted by Gasteiger charge is 2.20. The summed E-state index contributed by atoms with van der Waals surface area (Å²) >= 11 is 0. The first-order valence-electron chi connectivity index (χ1n) is 8.92. The topological polar surface area (TPSA) is 104 Å². The highest BCUT2D eigenvalue weighted by molar-refractivity contribution is 5.55. The van der Waals surface area contributed by atoms with Gasteiger partial charge in [0.1, 0.15) is 0 Å². The predicted molar refractivity (Wildman–Crippen MR) is 106 cm³/mol. The third kappa shape index (κ3) is 4.52. The number of nitrogens with zero attached hydrogens (tertiary/aromatic N) is 4. The van der Waals surface area contributed by atoms with Crippen LogP contribution in [0.25, 0.3) is 11.5 Å². The average molecular weight is 398 g/mol. The molecule has 0 saturated carbocycles. The highest BCUT2D eigenvalue weighted by atomic mass is 16.6. The van der Waals surface area contributed by atoms with E-state index in [4.69, 9.17) is 13.9 Å². The molecule has 0 N–H and O–H groups in total. The molecule has 0 bridgehead atoms. The minimum atomic E-state index is -0.450. The van der Waals surface area contributed by atoms with Crippen LogP contribution in [0.2, 0.25) is 0 Å². The molecule has 0 radical (unpaired) electrons. The highest BCUT2D eigenvalue weighted by Crippen LogP contribution is 2.30. The standard InChI is InChI=1S/C20H22N4O5/c1-13(23(2)12-14-5-10-17(27-3)18(11-14)28-4)19-21-22-20(29-19)15-6-8-16(9-7-15)24(25)26/h5-11,13H,12H2,1-4H3/t13-/m0/s1. The van der Waals surface area contributed by atoms with Gasteiger partial charge in [0.25, 0.3) is 5.69 Å². The molecule has 0 aliphatic heterocycles. The fourth-order valence-electron chi connectivity index (χ4n) is 2.84. The molecule has 3 aromatic rings. The van der Waals surface area contributed by atoms with Crippen molar-refractivity contribution in [1.29, 1.82) is 0 Å². The van der Waals surface area contributed by atoms with Crippen LogP contribution < -0.4 is 9.47 Å². The zero-order valence-electron chi connectivity index (χ0n) is 16.7. The molecule has 9 heteroatoms. The summed E-state index contributed by atoms with van der Waals surface area (Å²) in [6.45, 7) is 2.60. The molecular formula is C20H22N4O5. The molecule has 9 nitrogen and oxygen atoms in total. The van der Waals surface area contributed by atoms with Gasteiger partial charge in [0.15, 0.2) is 11.5 Å². The van der Waals surface area contributed by atoms with Gasteiger partial charge in [-0.2, -0.15) is 0 Å². The Bertz CT molecular complexity index is 987. The SMILES string of the molecule is COc1ccc(CN(C)[C@@H](C)c2nnc(-c3ccc([N+](=O)[O-])cc3)o2)cc1OC. The lowest BCUT2D eigenvalue weighted by molar-refractivity contribution is -0.384. The second-order valence-electron chi connectivity index (χ2n) is 6.53. The number of benzene rings is 2. The zero-order chi connectivity index (χ0) is 21.0. The molecule has 0 fully saturated rings. The molecule has 1 heterocycles. The van der Waals surface area contributed by atoms with Crippen LogP contribution in [0.4, 0.5) is 5.69 Å². The van der Waals surface area contributed by atoms with E-state index in [2.05, 4.69) is 15.1 Å². The van der Waals surface area contributed by atoms with Crippen molar-refractivity contribution in [2.24, 2.45) is 0 Å². The monoisotopic (exact) mass is 398 g/mol. The molecule has 0 amide bonds. The Morgan fingerprint density at radius 1 is 1.10 bits per heavy atom. The number of rotatable bonds is 8. The van der Waals surface area contributed by atoms with Gasteiger partial charge in [0.05, 0.1) is 25.2 Å². The lowest BCUT2D eigenvalue weighted by Gasteiger charge is -2.22. The summed E-state index contributed by atoms with van der Waals surface area (Å²) in [6, 6.07) is 11.6. The number of ether oxygens (including phenoxy) is 2. The molecule has 0 spiro atoms. The second kappa shape index (κ2) is 8.70. The van der Waals surface area contributed by atoms with E-state index in [-0.39, 0.29) is 11.7 Å². The maximum absolute atomic E-state index is 10.8. The molecule has 0 aliphatic rings.